The molecule has 0 aliphatic heterocycles. The van der Waals surface area contributed by atoms with Crippen molar-refractivity contribution < 1.29 is 14.2 Å². The van der Waals surface area contributed by atoms with Crippen LogP contribution in [0.15, 0.2) is 37.4 Å². The van der Waals surface area contributed by atoms with Gasteiger partial charge in [-0.2, -0.15) is 0 Å². The third-order valence-electron chi connectivity index (χ3n) is 2.49. The number of aryl methyl sites for hydroxylation is 2. The van der Waals surface area contributed by atoms with Gasteiger partial charge < -0.3 is 5.11 Å². The lowest BCUT2D eigenvalue weighted by Gasteiger charge is -2.04. The van der Waals surface area contributed by atoms with Gasteiger partial charge in [0.15, 0.2) is 0 Å². The minimum atomic E-state index is -0.375. The molecule has 0 aliphatic carbocycles. The van der Waals surface area contributed by atoms with E-state index in [0.29, 0.717) is 13.1 Å². The highest BCUT2D eigenvalue weighted by Crippen LogP contribution is 1.95. The fourth-order valence-electron chi connectivity index (χ4n) is 1.76. The van der Waals surface area contributed by atoms with E-state index < -0.39 is 0 Å². The Morgan fingerprint density at radius 3 is 1.75 bits per heavy atom. The van der Waals surface area contributed by atoms with E-state index in [0.717, 1.165) is 0 Å². The summed E-state index contributed by atoms with van der Waals surface area (Å²) in [5.41, 5.74) is 0. The maximum Gasteiger partial charge on any atom is 0.243 e. The largest absolute Gasteiger partial charge is 0.385 e. The Hall–Kier alpha value is -1.62. The molecule has 0 aromatic carbocycles. The van der Waals surface area contributed by atoms with Crippen LogP contribution in [-0.4, -0.2) is 20.3 Å². The molecule has 0 aliphatic rings. The predicted molar refractivity (Wildman–Crippen MR) is 57.2 cm³/mol. The van der Waals surface area contributed by atoms with Crippen LogP contribution in [0.5, 0.6) is 0 Å². The molecule has 1 N–H and O–H groups in total. The van der Waals surface area contributed by atoms with E-state index in [2.05, 4.69) is 0 Å². The lowest BCUT2D eigenvalue weighted by atomic mass is 10.3. The van der Waals surface area contributed by atoms with Gasteiger partial charge in [-0.3, -0.25) is 0 Å². The Kier molecular flexibility index (Phi) is 3.05. The van der Waals surface area contributed by atoms with Crippen molar-refractivity contribution in [3.63, 3.8) is 0 Å². The van der Waals surface area contributed by atoms with Crippen molar-refractivity contribution in [3.05, 3.63) is 37.4 Å². The van der Waals surface area contributed by atoms with E-state index in [4.69, 9.17) is 0 Å². The zero-order valence-corrected chi connectivity index (χ0v) is 9.69. The van der Waals surface area contributed by atoms with E-state index in [1.54, 1.807) is 0 Å². The van der Waals surface area contributed by atoms with Gasteiger partial charge in [-0.15, -0.1) is 0 Å². The van der Waals surface area contributed by atoms with Crippen LogP contribution in [0, 0.1) is 0 Å². The van der Waals surface area contributed by atoms with Crippen molar-refractivity contribution in [2.75, 3.05) is 0 Å². The number of hydrogen-bond acceptors (Lipinski definition) is 1. The number of aliphatic hydroxyl groups is 1. The predicted octanol–water partition coefficient (Wildman–Crippen LogP) is -1.00. The summed E-state index contributed by atoms with van der Waals surface area (Å²) in [5.74, 6) is 0. The number of imidazole rings is 2. The molecule has 5 nitrogen and oxygen atoms in total. The first-order valence-electron chi connectivity index (χ1n) is 5.33. The lowest BCUT2D eigenvalue weighted by molar-refractivity contribution is -0.671. The third kappa shape index (κ3) is 2.70. The molecule has 0 fully saturated rings. The van der Waals surface area contributed by atoms with E-state index in [1.807, 2.05) is 69.8 Å². The van der Waals surface area contributed by atoms with Crippen LogP contribution in [-0.2, 0) is 27.2 Å². The van der Waals surface area contributed by atoms with Gasteiger partial charge >= 0.3 is 0 Å². The monoisotopic (exact) mass is 222 g/mol. The van der Waals surface area contributed by atoms with Crippen LogP contribution in [0.1, 0.15) is 0 Å². The van der Waals surface area contributed by atoms with Gasteiger partial charge in [-0.05, 0) is 0 Å². The third-order valence-corrected chi connectivity index (χ3v) is 2.49. The Morgan fingerprint density at radius 2 is 1.44 bits per heavy atom. The summed E-state index contributed by atoms with van der Waals surface area (Å²) in [6.45, 7) is 1.23. The molecule has 0 radical (unpaired) electrons. The average Bonchev–Trinajstić information content (AvgIpc) is 2.76. The molecule has 86 valence electrons. The quantitative estimate of drug-likeness (QED) is 0.662. The molecule has 0 saturated heterocycles. The summed E-state index contributed by atoms with van der Waals surface area (Å²) in [6, 6.07) is 0. The van der Waals surface area contributed by atoms with Crippen LogP contribution in [0.3, 0.4) is 0 Å². The second-order valence-corrected chi connectivity index (χ2v) is 4.21. The first-order valence-corrected chi connectivity index (χ1v) is 5.33. The highest BCUT2D eigenvalue weighted by Gasteiger charge is 2.13. The molecule has 0 spiro atoms. The Balaban J connectivity index is 1.91. The molecule has 2 heterocycles. The topological polar surface area (TPSA) is 37.9 Å². The fraction of sp³-hybridized carbons (Fsp3) is 0.455. The van der Waals surface area contributed by atoms with Crippen LogP contribution in [0.25, 0.3) is 0 Å². The van der Waals surface area contributed by atoms with E-state index in [9.17, 15) is 5.11 Å². The molecule has 2 rings (SSSR count). The maximum atomic E-state index is 9.91. The summed E-state index contributed by atoms with van der Waals surface area (Å²) < 4.78 is 7.88. The number of rotatable bonds is 4. The van der Waals surface area contributed by atoms with Gasteiger partial charge in [0.25, 0.3) is 0 Å². The van der Waals surface area contributed by atoms with Crippen molar-refractivity contribution in [2.45, 2.75) is 19.2 Å². The minimum absolute atomic E-state index is 0.375. The van der Waals surface area contributed by atoms with Gasteiger partial charge in [0, 0.05) is 0 Å². The van der Waals surface area contributed by atoms with Crippen LogP contribution < -0.4 is 9.13 Å². The standard InChI is InChI=1S/C11H18N4O/c1-12-3-5-14(9-12)7-11(16)8-15-6-4-13(2)10-15/h3-6,9-11,16H,7-8H2,1-2H3/q+2. The van der Waals surface area contributed by atoms with Gasteiger partial charge in [0.2, 0.25) is 12.7 Å². The van der Waals surface area contributed by atoms with Crippen molar-refractivity contribution in [1.29, 1.82) is 0 Å². The van der Waals surface area contributed by atoms with Crippen molar-refractivity contribution in [3.8, 4) is 0 Å². The van der Waals surface area contributed by atoms with E-state index >= 15 is 0 Å². The van der Waals surface area contributed by atoms with Gasteiger partial charge in [0.05, 0.1) is 14.1 Å². The molecule has 5 heteroatoms. The molecule has 16 heavy (non-hydrogen) atoms. The highest BCUT2D eigenvalue weighted by atomic mass is 16.3. The van der Waals surface area contributed by atoms with Crippen LogP contribution in [0.4, 0.5) is 0 Å². The van der Waals surface area contributed by atoms with Gasteiger partial charge in [0.1, 0.15) is 44.0 Å². The smallest absolute Gasteiger partial charge is 0.243 e. The van der Waals surface area contributed by atoms with Crippen LogP contribution >= 0.6 is 0 Å². The van der Waals surface area contributed by atoms with Gasteiger partial charge in [-0.25, -0.2) is 18.3 Å². The Bertz CT molecular complexity index is 418. The molecule has 2 aromatic heterocycles. The van der Waals surface area contributed by atoms with Crippen molar-refractivity contribution >= 4 is 0 Å². The maximum absolute atomic E-state index is 9.91. The van der Waals surface area contributed by atoms with E-state index in [1.165, 1.54) is 0 Å². The van der Waals surface area contributed by atoms with Gasteiger partial charge in [-0.1, -0.05) is 0 Å². The van der Waals surface area contributed by atoms with Crippen LogP contribution in [0.2, 0.25) is 0 Å². The number of nitrogens with zero attached hydrogens (tertiary/aromatic N) is 4. The SMILES string of the molecule is C[n+]1ccn(CC(O)Cn2cc[n+](C)c2)c1. The summed E-state index contributed by atoms with van der Waals surface area (Å²) in [5, 5.41) is 9.91. The minimum Gasteiger partial charge on any atom is -0.385 e. The molecular weight excluding hydrogens is 204 g/mol. The fourth-order valence-corrected chi connectivity index (χ4v) is 1.76. The molecular formula is C11H18N4O+2. The first-order chi connectivity index (χ1) is 7.63. The number of aromatic nitrogens is 4. The summed E-state index contributed by atoms with van der Waals surface area (Å²) in [6.07, 6.45) is 11.4. The molecule has 0 amide bonds. The summed E-state index contributed by atoms with van der Waals surface area (Å²) >= 11 is 0. The Labute approximate surface area is 94.8 Å². The first kappa shape index (κ1) is 10.9. The molecule has 0 saturated carbocycles. The normalized spacial score (nSPS) is 11.2. The molecule has 0 atom stereocenters. The summed E-state index contributed by atoms with van der Waals surface area (Å²) in [7, 11) is 3.93. The van der Waals surface area contributed by atoms with E-state index in [-0.39, 0.29) is 6.10 Å². The molecule has 2 aromatic rings. The zero-order valence-electron chi connectivity index (χ0n) is 9.69. The van der Waals surface area contributed by atoms with Crippen molar-refractivity contribution in [1.82, 2.24) is 9.13 Å². The summed E-state index contributed by atoms with van der Waals surface area (Å²) in [4.78, 5) is 0. The second kappa shape index (κ2) is 4.49. The zero-order chi connectivity index (χ0) is 11.5. The average molecular weight is 222 g/mol. The van der Waals surface area contributed by atoms with Crippen molar-refractivity contribution in [2.24, 2.45) is 14.1 Å². The lowest BCUT2D eigenvalue weighted by Crippen LogP contribution is -2.27. The number of hydrogen-bond donors (Lipinski definition) is 1. The second-order valence-electron chi connectivity index (χ2n) is 4.21. The highest BCUT2D eigenvalue weighted by molar-refractivity contribution is 4.72. The molecule has 0 bridgehead atoms. The Morgan fingerprint density at radius 1 is 1.00 bits per heavy atom. The number of aliphatic hydroxyl groups excluding tert-OH is 1. The molecule has 0 unspecified atom stereocenters.